The van der Waals surface area contributed by atoms with Crippen LogP contribution >= 0.6 is 0 Å². The van der Waals surface area contributed by atoms with Gasteiger partial charge in [0.1, 0.15) is 0 Å². The van der Waals surface area contributed by atoms with Gasteiger partial charge in [0, 0.05) is 17.8 Å². The lowest BCUT2D eigenvalue weighted by Gasteiger charge is -2.12. The van der Waals surface area contributed by atoms with Crippen LogP contribution in [0.25, 0.3) is 11.5 Å². The van der Waals surface area contributed by atoms with Crippen LogP contribution in [0.15, 0.2) is 53.3 Å². The molecule has 2 aromatic carbocycles. The van der Waals surface area contributed by atoms with Crippen LogP contribution in [0.1, 0.15) is 16.7 Å². The summed E-state index contributed by atoms with van der Waals surface area (Å²) in [5, 5.41) is 11.0. The van der Waals surface area contributed by atoms with E-state index < -0.39 is 0 Å². The molecule has 0 radical (unpaired) electrons. The summed E-state index contributed by atoms with van der Waals surface area (Å²) >= 11 is 0. The maximum absolute atomic E-state index is 5.18. The molecular weight excluding hydrogens is 262 g/mol. The molecule has 21 heavy (non-hydrogen) atoms. The lowest BCUT2D eigenvalue weighted by atomic mass is 10.0. The molecule has 1 aromatic heterocycles. The standard InChI is InChI=1S/C17H17N3O/c1-12-4-3-5-13(2)16(12)10-18-15-8-6-14(7-9-15)17-20-19-11-21-17/h3-9,11,18H,10H2,1-2H3. The Hall–Kier alpha value is -2.62. The molecule has 0 aliphatic heterocycles. The van der Waals surface area contributed by atoms with Gasteiger partial charge in [-0.1, -0.05) is 18.2 Å². The second kappa shape index (κ2) is 5.79. The van der Waals surface area contributed by atoms with Gasteiger partial charge in [-0.05, 0) is 54.8 Å². The number of hydrogen-bond donors (Lipinski definition) is 1. The van der Waals surface area contributed by atoms with Crippen LogP contribution in [0.5, 0.6) is 0 Å². The molecule has 0 spiro atoms. The van der Waals surface area contributed by atoms with Gasteiger partial charge in [-0.15, -0.1) is 10.2 Å². The van der Waals surface area contributed by atoms with Crippen LogP contribution in [0.4, 0.5) is 5.69 Å². The molecule has 3 aromatic rings. The number of hydrogen-bond acceptors (Lipinski definition) is 4. The highest BCUT2D eigenvalue weighted by atomic mass is 16.4. The zero-order valence-corrected chi connectivity index (χ0v) is 12.1. The van der Waals surface area contributed by atoms with Crippen LogP contribution in [0.3, 0.4) is 0 Å². The molecule has 0 saturated carbocycles. The van der Waals surface area contributed by atoms with Crippen molar-refractivity contribution in [2.45, 2.75) is 20.4 Å². The molecule has 0 saturated heterocycles. The minimum Gasteiger partial charge on any atom is -0.423 e. The summed E-state index contributed by atoms with van der Waals surface area (Å²) in [7, 11) is 0. The molecule has 0 unspecified atom stereocenters. The van der Waals surface area contributed by atoms with Crippen molar-refractivity contribution in [1.29, 1.82) is 0 Å². The van der Waals surface area contributed by atoms with Gasteiger partial charge in [0.2, 0.25) is 12.3 Å². The number of aryl methyl sites for hydroxylation is 2. The molecular formula is C17H17N3O. The predicted octanol–water partition coefficient (Wildman–Crippen LogP) is 3.97. The van der Waals surface area contributed by atoms with E-state index in [1.54, 1.807) is 0 Å². The molecule has 0 amide bonds. The zero-order chi connectivity index (χ0) is 14.7. The van der Waals surface area contributed by atoms with E-state index in [1.165, 1.54) is 23.1 Å². The van der Waals surface area contributed by atoms with Crippen molar-refractivity contribution < 1.29 is 4.42 Å². The van der Waals surface area contributed by atoms with Gasteiger partial charge in [0.05, 0.1) is 0 Å². The third kappa shape index (κ3) is 2.94. The van der Waals surface area contributed by atoms with Gasteiger partial charge >= 0.3 is 0 Å². The Morgan fingerprint density at radius 3 is 2.33 bits per heavy atom. The number of nitrogens with one attached hydrogen (secondary N) is 1. The van der Waals surface area contributed by atoms with Crippen LogP contribution in [-0.2, 0) is 6.54 Å². The van der Waals surface area contributed by atoms with E-state index in [-0.39, 0.29) is 0 Å². The largest absolute Gasteiger partial charge is 0.423 e. The van der Waals surface area contributed by atoms with E-state index in [0.717, 1.165) is 17.8 Å². The molecule has 0 aliphatic rings. The van der Waals surface area contributed by atoms with Gasteiger partial charge in [-0.3, -0.25) is 0 Å². The molecule has 106 valence electrons. The molecule has 1 N–H and O–H groups in total. The second-order valence-corrected chi connectivity index (χ2v) is 5.05. The highest BCUT2D eigenvalue weighted by Crippen LogP contribution is 2.20. The number of benzene rings is 2. The minimum absolute atomic E-state index is 0.538. The lowest BCUT2D eigenvalue weighted by Crippen LogP contribution is -2.03. The molecule has 0 aliphatic carbocycles. The van der Waals surface area contributed by atoms with Gasteiger partial charge < -0.3 is 9.73 Å². The topological polar surface area (TPSA) is 51.0 Å². The summed E-state index contributed by atoms with van der Waals surface area (Å²) in [5.74, 6) is 0.538. The summed E-state index contributed by atoms with van der Waals surface area (Å²) < 4.78 is 5.18. The highest BCUT2D eigenvalue weighted by molar-refractivity contribution is 5.58. The fourth-order valence-electron chi connectivity index (χ4n) is 2.35. The monoisotopic (exact) mass is 279 g/mol. The average molecular weight is 279 g/mol. The molecule has 0 bridgehead atoms. The summed E-state index contributed by atoms with van der Waals surface area (Å²) in [6.07, 6.45) is 1.34. The first kappa shape index (κ1) is 13.4. The first-order valence-electron chi connectivity index (χ1n) is 6.89. The Bertz CT molecular complexity index is 698. The fourth-order valence-corrected chi connectivity index (χ4v) is 2.35. The predicted molar refractivity (Wildman–Crippen MR) is 83.0 cm³/mol. The van der Waals surface area contributed by atoms with Crippen molar-refractivity contribution in [1.82, 2.24) is 10.2 Å². The number of nitrogens with zero attached hydrogens (tertiary/aromatic N) is 2. The van der Waals surface area contributed by atoms with E-state index in [2.05, 4.69) is 47.6 Å². The van der Waals surface area contributed by atoms with Crippen LogP contribution in [0.2, 0.25) is 0 Å². The quantitative estimate of drug-likeness (QED) is 0.785. The SMILES string of the molecule is Cc1cccc(C)c1CNc1ccc(-c2nnco2)cc1. The Morgan fingerprint density at radius 2 is 1.71 bits per heavy atom. The van der Waals surface area contributed by atoms with Crippen LogP contribution in [0, 0.1) is 13.8 Å². The van der Waals surface area contributed by atoms with Crippen LogP contribution < -0.4 is 5.32 Å². The first-order chi connectivity index (χ1) is 10.2. The molecule has 0 atom stereocenters. The van der Waals surface area contributed by atoms with Crippen molar-refractivity contribution in [3.8, 4) is 11.5 Å². The highest BCUT2D eigenvalue weighted by Gasteiger charge is 2.04. The Balaban J connectivity index is 1.71. The van der Waals surface area contributed by atoms with E-state index in [0.29, 0.717) is 5.89 Å². The Kier molecular flexibility index (Phi) is 3.69. The minimum atomic E-state index is 0.538. The molecule has 3 rings (SSSR count). The van der Waals surface area contributed by atoms with Gasteiger partial charge in [0.25, 0.3) is 0 Å². The fraction of sp³-hybridized carbons (Fsp3) is 0.176. The maximum Gasteiger partial charge on any atom is 0.247 e. The average Bonchev–Trinajstić information content (AvgIpc) is 3.02. The normalized spacial score (nSPS) is 10.6. The van der Waals surface area contributed by atoms with Gasteiger partial charge in [0.15, 0.2) is 0 Å². The third-order valence-electron chi connectivity index (χ3n) is 3.61. The van der Waals surface area contributed by atoms with E-state index >= 15 is 0 Å². The lowest BCUT2D eigenvalue weighted by molar-refractivity contribution is 0.568. The van der Waals surface area contributed by atoms with Crippen molar-refractivity contribution >= 4 is 5.69 Å². The summed E-state index contributed by atoms with van der Waals surface area (Å²) in [5.41, 5.74) is 5.96. The molecule has 4 heteroatoms. The van der Waals surface area contributed by atoms with E-state index in [4.69, 9.17) is 4.42 Å². The van der Waals surface area contributed by atoms with Crippen molar-refractivity contribution in [3.63, 3.8) is 0 Å². The number of rotatable bonds is 4. The maximum atomic E-state index is 5.18. The summed E-state index contributed by atoms with van der Waals surface area (Å²) in [6, 6.07) is 14.4. The van der Waals surface area contributed by atoms with Crippen molar-refractivity contribution in [2.24, 2.45) is 0 Å². The van der Waals surface area contributed by atoms with E-state index in [9.17, 15) is 0 Å². The van der Waals surface area contributed by atoms with Gasteiger partial charge in [-0.25, -0.2) is 0 Å². The summed E-state index contributed by atoms with van der Waals surface area (Å²) in [4.78, 5) is 0. The van der Waals surface area contributed by atoms with Crippen molar-refractivity contribution in [2.75, 3.05) is 5.32 Å². The van der Waals surface area contributed by atoms with Crippen molar-refractivity contribution in [3.05, 3.63) is 65.5 Å². The summed E-state index contributed by atoms with van der Waals surface area (Å²) in [6.45, 7) is 5.10. The Labute approximate surface area is 123 Å². The molecule has 4 nitrogen and oxygen atoms in total. The number of aromatic nitrogens is 2. The number of anilines is 1. The second-order valence-electron chi connectivity index (χ2n) is 5.05. The molecule has 1 heterocycles. The third-order valence-corrected chi connectivity index (χ3v) is 3.61. The van der Waals surface area contributed by atoms with Crippen LogP contribution in [-0.4, -0.2) is 10.2 Å². The Morgan fingerprint density at radius 1 is 1.00 bits per heavy atom. The van der Waals surface area contributed by atoms with E-state index in [1.807, 2.05) is 24.3 Å². The smallest absolute Gasteiger partial charge is 0.247 e. The zero-order valence-electron chi connectivity index (χ0n) is 12.1. The molecule has 0 fully saturated rings. The van der Waals surface area contributed by atoms with Gasteiger partial charge in [-0.2, -0.15) is 0 Å². The first-order valence-corrected chi connectivity index (χ1v) is 6.89.